The van der Waals surface area contributed by atoms with E-state index < -0.39 is 0 Å². The van der Waals surface area contributed by atoms with Crippen molar-refractivity contribution < 1.29 is 0 Å². The van der Waals surface area contributed by atoms with Gasteiger partial charge in [0.05, 0.1) is 18.6 Å². The molecule has 1 aromatic carbocycles. The van der Waals surface area contributed by atoms with Gasteiger partial charge in [-0.3, -0.25) is 4.99 Å². The first kappa shape index (κ1) is 12.9. The number of fused-ring (bicyclic) bond motifs is 1. The number of aliphatic imine (C=N–C) groups is 1. The van der Waals surface area contributed by atoms with Crippen LogP contribution in [0.3, 0.4) is 0 Å². The number of rotatable bonds is 2. The van der Waals surface area contributed by atoms with Crippen molar-refractivity contribution in [3.05, 3.63) is 57.8 Å². The summed E-state index contributed by atoms with van der Waals surface area (Å²) in [5.41, 5.74) is 9.24. The van der Waals surface area contributed by atoms with E-state index in [0.717, 1.165) is 32.4 Å². The average Bonchev–Trinajstić information content (AvgIpc) is 3.12. The summed E-state index contributed by atoms with van der Waals surface area (Å²) in [5, 5.41) is 2.13. The Balaban J connectivity index is 1.65. The number of nitrogens with two attached hydrogens (primary N) is 1. The number of nitrogens with zero attached hydrogens (tertiary/aromatic N) is 2. The fourth-order valence-corrected chi connectivity index (χ4v) is 4.29. The Morgan fingerprint density at radius 2 is 2.05 bits per heavy atom. The first-order valence-electron chi connectivity index (χ1n) is 7.44. The second-order valence-corrected chi connectivity index (χ2v) is 7.04. The third kappa shape index (κ3) is 2.14. The van der Waals surface area contributed by atoms with Gasteiger partial charge in [-0.15, -0.1) is 11.3 Å². The summed E-state index contributed by atoms with van der Waals surface area (Å²) in [4.78, 5) is 8.27. The molecular weight excluding hydrogens is 278 g/mol. The molecule has 2 heterocycles. The summed E-state index contributed by atoms with van der Waals surface area (Å²) < 4.78 is 0. The molecular formula is C17H19N3S. The molecule has 0 amide bonds. The fourth-order valence-electron chi connectivity index (χ4n) is 3.60. The standard InChI is InChI=1S/C17H19N3S/c18-16-19-12-17(20(16)11-15-6-3-9-21-15)8-7-13-4-1-2-5-14(13)10-17/h1-6,9H,7-8,10-12H2,(H2,18,19). The molecule has 1 aliphatic heterocycles. The summed E-state index contributed by atoms with van der Waals surface area (Å²) in [7, 11) is 0. The predicted octanol–water partition coefficient (Wildman–Crippen LogP) is 2.81. The monoisotopic (exact) mass is 297 g/mol. The fraction of sp³-hybridized carbons (Fsp3) is 0.353. The molecule has 4 rings (SSSR count). The van der Waals surface area contributed by atoms with Crippen molar-refractivity contribution in [3.63, 3.8) is 0 Å². The number of aryl methyl sites for hydroxylation is 1. The normalized spacial score (nSPS) is 24.2. The minimum Gasteiger partial charge on any atom is -0.370 e. The van der Waals surface area contributed by atoms with Crippen LogP contribution in [0.25, 0.3) is 0 Å². The Morgan fingerprint density at radius 1 is 1.19 bits per heavy atom. The van der Waals surface area contributed by atoms with E-state index in [4.69, 9.17) is 5.73 Å². The average molecular weight is 297 g/mol. The Morgan fingerprint density at radius 3 is 2.86 bits per heavy atom. The Labute approximate surface area is 129 Å². The van der Waals surface area contributed by atoms with Crippen molar-refractivity contribution in [1.82, 2.24) is 4.90 Å². The molecule has 1 aromatic heterocycles. The molecule has 0 fully saturated rings. The van der Waals surface area contributed by atoms with Gasteiger partial charge >= 0.3 is 0 Å². The topological polar surface area (TPSA) is 41.6 Å². The molecule has 1 aliphatic carbocycles. The smallest absolute Gasteiger partial charge is 0.192 e. The maximum Gasteiger partial charge on any atom is 0.192 e. The minimum absolute atomic E-state index is 0.0857. The van der Waals surface area contributed by atoms with E-state index >= 15 is 0 Å². The van der Waals surface area contributed by atoms with E-state index in [1.807, 2.05) is 0 Å². The number of hydrogen-bond donors (Lipinski definition) is 1. The van der Waals surface area contributed by atoms with E-state index in [-0.39, 0.29) is 5.54 Å². The summed E-state index contributed by atoms with van der Waals surface area (Å²) in [6.07, 6.45) is 3.32. The lowest BCUT2D eigenvalue weighted by Gasteiger charge is -2.42. The maximum atomic E-state index is 6.20. The lowest BCUT2D eigenvalue weighted by atomic mass is 9.77. The summed E-state index contributed by atoms with van der Waals surface area (Å²) in [6, 6.07) is 13.1. The Hall–Kier alpha value is -1.81. The van der Waals surface area contributed by atoms with Crippen LogP contribution >= 0.6 is 11.3 Å². The lowest BCUT2D eigenvalue weighted by molar-refractivity contribution is 0.171. The largest absolute Gasteiger partial charge is 0.370 e. The van der Waals surface area contributed by atoms with Gasteiger partial charge in [-0.1, -0.05) is 30.3 Å². The molecule has 4 heteroatoms. The zero-order chi connectivity index (χ0) is 14.3. The van der Waals surface area contributed by atoms with Gasteiger partial charge in [0.25, 0.3) is 0 Å². The molecule has 2 N–H and O–H groups in total. The van der Waals surface area contributed by atoms with E-state index in [9.17, 15) is 0 Å². The molecule has 0 bridgehead atoms. The molecule has 1 spiro atoms. The first-order chi connectivity index (χ1) is 10.3. The molecule has 108 valence electrons. The lowest BCUT2D eigenvalue weighted by Crippen LogP contribution is -2.54. The molecule has 0 saturated heterocycles. The number of thiophene rings is 1. The zero-order valence-corrected chi connectivity index (χ0v) is 12.8. The highest BCUT2D eigenvalue weighted by Gasteiger charge is 2.44. The van der Waals surface area contributed by atoms with Gasteiger partial charge in [-0.25, -0.2) is 0 Å². The van der Waals surface area contributed by atoms with Crippen LogP contribution in [0, 0.1) is 0 Å². The van der Waals surface area contributed by atoms with E-state index in [0.29, 0.717) is 5.96 Å². The van der Waals surface area contributed by atoms with Crippen LogP contribution in [0.4, 0.5) is 0 Å². The highest BCUT2D eigenvalue weighted by Crippen LogP contribution is 2.37. The maximum absolute atomic E-state index is 6.20. The van der Waals surface area contributed by atoms with Crippen LogP contribution in [0.5, 0.6) is 0 Å². The minimum atomic E-state index is 0.0857. The summed E-state index contributed by atoms with van der Waals surface area (Å²) in [5.74, 6) is 0.711. The molecule has 21 heavy (non-hydrogen) atoms. The Kier molecular flexibility index (Phi) is 3.00. The van der Waals surface area contributed by atoms with E-state index in [1.165, 1.54) is 16.0 Å². The molecule has 2 aliphatic rings. The third-order valence-electron chi connectivity index (χ3n) is 4.78. The molecule has 1 atom stereocenters. The van der Waals surface area contributed by atoms with Crippen LogP contribution in [0.2, 0.25) is 0 Å². The highest BCUT2D eigenvalue weighted by atomic mass is 32.1. The zero-order valence-electron chi connectivity index (χ0n) is 12.0. The van der Waals surface area contributed by atoms with Crippen molar-refractivity contribution in [2.75, 3.05) is 6.54 Å². The van der Waals surface area contributed by atoms with Crippen molar-refractivity contribution in [1.29, 1.82) is 0 Å². The van der Waals surface area contributed by atoms with E-state index in [1.54, 1.807) is 11.3 Å². The van der Waals surface area contributed by atoms with Crippen LogP contribution in [0.1, 0.15) is 22.4 Å². The highest BCUT2D eigenvalue weighted by molar-refractivity contribution is 7.09. The molecule has 0 radical (unpaired) electrons. The predicted molar refractivity (Wildman–Crippen MR) is 87.5 cm³/mol. The second kappa shape index (κ2) is 4.88. The van der Waals surface area contributed by atoms with Crippen molar-refractivity contribution in [2.24, 2.45) is 10.7 Å². The van der Waals surface area contributed by atoms with Gasteiger partial charge in [-0.2, -0.15) is 0 Å². The number of guanidine groups is 1. The van der Waals surface area contributed by atoms with E-state index in [2.05, 4.69) is 51.7 Å². The van der Waals surface area contributed by atoms with Gasteiger partial charge in [0.1, 0.15) is 0 Å². The van der Waals surface area contributed by atoms with Crippen LogP contribution in [0.15, 0.2) is 46.8 Å². The van der Waals surface area contributed by atoms with Crippen LogP contribution in [-0.2, 0) is 19.4 Å². The quantitative estimate of drug-likeness (QED) is 0.926. The third-order valence-corrected chi connectivity index (χ3v) is 5.64. The SMILES string of the molecule is NC1=NCC2(CCc3ccccc3C2)N1Cc1cccs1. The van der Waals surface area contributed by atoms with Gasteiger partial charge in [0.2, 0.25) is 0 Å². The molecule has 1 unspecified atom stereocenters. The van der Waals surface area contributed by atoms with Crippen molar-refractivity contribution in [3.8, 4) is 0 Å². The number of hydrogen-bond acceptors (Lipinski definition) is 4. The number of benzene rings is 1. The first-order valence-corrected chi connectivity index (χ1v) is 8.32. The van der Waals surface area contributed by atoms with Crippen LogP contribution in [-0.4, -0.2) is 22.9 Å². The Bertz CT molecular complexity index is 677. The summed E-state index contributed by atoms with van der Waals surface area (Å²) >= 11 is 1.79. The van der Waals surface area contributed by atoms with Crippen LogP contribution < -0.4 is 5.73 Å². The molecule has 3 nitrogen and oxygen atoms in total. The van der Waals surface area contributed by atoms with Crippen molar-refractivity contribution >= 4 is 17.3 Å². The van der Waals surface area contributed by atoms with Crippen molar-refractivity contribution in [2.45, 2.75) is 31.3 Å². The summed E-state index contributed by atoms with van der Waals surface area (Å²) in [6.45, 7) is 1.72. The second-order valence-electron chi connectivity index (χ2n) is 6.01. The molecule has 2 aromatic rings. The van der Waals surface area contributed by atoms with Gasteiger partial charge < -0.3 is 10.6 Å². The van der Waals surface area contributed by atoms with Gasteiger partial charge in [-0.05, 0) is 41.8 Å². The molecule has 0 saturated carbocycles. The van der Waals surface area contributed by atoms with Gasteiger partial charge in [0, 0.05) is 4.88 Å². The van der Waals surface area contributed by atoms with Gasteiger partial charge in [0.15, 0.2) is 5.96 Å².